The van der Waals surface area contributed by atoms with Crippen LogP contribution in [0.4, 0.5) is 46.0 Å². The van der Waals surface area contributed by atoms with Gasteiger partial charge >= 0.3 is 11.9 Å². The van der Waals surface area contributed by atoms with Crippen LogP contribution in [0.25, 0.3) is 0 Å². The van der Waals surface area contributed by atoms with Crippen molar-refractivity contribution in [2.45, 2.75) is 26.7 Å². The van der Waals surface area contributed by atoms with E-state index in [1.165, 1.54) is 24.3 Å². The van der Waals surface area contributed by atoms with Gasteiger partial charge in [0.25, 0.3) is 5.91 Å². The summed E-state index contributed by atoms with van der Waals surface area (Å²) in [5, 5.41) is 24.4. The fourth-order valence-corrected chi connectivity index (χ4v) is 4.85. The zero-order valence-corrected chi connectivity index (χ0v) is 31.9. The number of aromatic nitrogens is 2. The summed E-state index contributed by atoms with van der Waals surface area (Å²) in [4.78, 5) is 69.9. The number of para-hydroxylation sites is 1. The van der Waals surface area contributed by atoms with E-state index < -0.39 is 35.6 Å². The fourth-order valence-electron chi connectivity index (χ4n) is 4.85. The van der Waals surface area contributed by atoms with Crippen LogP contribution in [-0.2, 0) is 25.6 Å². The number of ether oxygens (including phenoxy) is 2. The zero-order valence-electron chi connectivity index (χ0n) is 31.9. The number of pyridine rings is 2. The molecule has 0 unspecified atom stereocenters. The SMILES string of the molecule is CC(C)C(=O)Oc1ccc(CCC(=O)Oc2ccccc2N=Nc2ccc(NC(=O)CNC(=O)c3ccccc3)nc2N)cc1N=Nc1ccc(NC(=O)CN)nc1N. The van der Waals surface area contributed by atoms with E-state index in [-0.39, 0.29) is 83.5 Å². The summed E-state index contributed by atoms with van der Waals surface area (Å²) in [6.45, 7) is 2.86. The van der Waals surface area contributed by atoms with Crippen LogP contribution < -0.4 is 42.6 Å². The Kier molecular flexibility index (Phi) is 14.5. The number of azo groups is 2. The highest BCUT2D eigenvalue weighted by molar-refractivity contribution is 5.99. The van der Waals surface area contributed by atoms with Crippen LogP contribution in [0.3, 0.4) is 0 Å². The lowest BCUT2D eigenvalue weighted by Crippen LogP contribution is -2.33. The van der Waals surface area contributed by atoms with Gasteiger partial charge in [0, 0.05) is 12.0 Å². The van der Waals surface area contributed by atoms with Crippen LogP contribution in [0.5, 0.6) is 11.5 Å². The lowest BCUT2D eigenvalue weighted by atomic mass is 10.1. The quantitative estimate of drug-likeness (QED) is 0.0390. The van der Waals surface area contributed by atoms with E-state index in [4.69, 9.17) is 26.7 Å². The molecular formula is C40H40N12O7. The second-order valence-electron chi connectivity index (χ2n) is 12.8. The van der Waals surface area contributed by atoms with Gasteiger partial charge in [-0.1, -0.05) is 50.2 Å². The maximum absolute atomic E-state index is 13.0. The number of nitrogens with one attached hydrogen (secondary N) is 3. The molecule has 3 aromatic carbocycles. The highest BCUT2D eigenvalue weighted by atomic mass is 16.5. The fraction of sp³-hybridized carbons (Fsp3) is 0.175. The Morgan fingerprint density at radius 3 is 1.86 bits per heavy atom. The number of hydrogen-bond donors (Lipinski definition) is 6. The number of amides is 3. The molecule has 5 aromatic rings. The molecule has 0 bridgehead atoms. The molecule has 0 spiro atoms. The van der Waals surface area contributed by atoms with Crippen LogP contribution in [0.1, 0.15) is 36.2 Å². The lowest BCUT2D eigenvalue weighted by Gasteiger charge is -2.11. The van der Waals surface area contributed by atoms with Crippen LogP contribution >= 0.6 is 0 Å². The summed E-state index contributed by atoms with van der Waals surface area (Å²) in [5.41, 5.74) is 19.3. The maximum atomic E-state index is 13.0. The van der Waals surface area contributed by atoms with E-state index in [0.717, 1.165) is 0 Å². The molecule has 2 heterocycles. The molecule has 0 atom stereocenters. The van der Waals surface area contributed by atoms with E-state index in [0.29, 0.717) is 11.1 Å². The Balaban J connectivity index is 1.21. The van der Waals surface area contributed by atoms with Gasteiger partial charge < -0.3 is 42.6 Å². The van der Waals surface area contributed by atoms with Crippen LogP contribution in [0.15, 0.2) is 118 Å². The summed E-state index contributed by atoms with van der Waals surface area (Å²) in [6, 6.07) is 25.7. The summed E-state index contributed by atoms with van der Waals surface area (Å²) < 4.78 is 11.2. The number of hydrogen-bond acceptors (Lipinski definition) is 16. The van der Waals surface area contributed by atoms with Gasteiger partial charge in [-0.15, -0.1) is 20.5 Å². The van der Waals surface area contributed by atoms with Gasteiger partial charge in [-0.05, 0) is 72.6 Å². The van der Waals surface area contributed by atoms with Crippen molar-refractivity contribution in [2.24, 2.45) is 32.1 Å². The van der Waals surface area contributed by atoms with Gasteiger partial charge in [-0.2, -0.15) is 0 Å². The van der Waals surface area contributed by atoms with Crippen molar-refractivity contribution >= 4 is 75.7 Å². The lowest BCUT2D eigenvalue weighted by molar-refractivity contribution is -0.137. The third kappa shape index (κ3) is 12.5. The van der Waals surface area contributed by atoms with Crippen LogP contribution in [0.2, 0.25) is 0 Å². The molecule has 0 aliphatic carbocycles. The Morgan fingerprint density at radius 2 is 1.24 bits per heavy atom. The molecule has 2 aromatic heterocycles. The molecule has 5 rings (SSSR count). The minimum Gasteiger partial charge on any atom is -0.424 e. The summed E-state index contributed by atoms with van der Waals surface area (Å²) in [5.74, 6) is -2.31. The molecule has 0 fully saturated rings. The summed E-state index contributed by atoms with van der Waals surface area (Å²) in [7, 11) is 0. The number of carbonyl (C=O) groups is 5. The first-order valence-electron chi connectivity index (χ1n) is 18.0. The van der Waals surface area contributed by atoms with Gasteiger partial charge in [0.1, 0.15) is 34.4 Å². The van der Waals surface area contributed by atoms with Gasteiger partial charge in [0.2, 0.25) is 11.8 Å². The number of rotatable bonds is 16. The molecule has 59 heavy (non-hydrogen) atoms. The van der Waals surface area contributed by atoms with Crippen molar-refractivity contribution in [1.82, 2.24) is 15.3 Å². The predicted molar refractivity (Wildman–Crippen MR) is 218 cm³/mol. The molecule has 302 valence electrons. The van der Waals surface area contributed by atoms with Crippen molar-refractivity contribution in [3.63, 3.8) is 0 Å². The standard InChI is InChI=1S/C40H40N12O7/c1-23(2)40(57)59-31-16-12-24(20-29(31)52-51-28-14-17-32(47-38(28)43)45-34(53)21-41)13-19-36(55)58-30-11-7-6-10-26(30)49-50-27-15-18-33(48-37(27)42)46-35(54)22-44-39(56)25-8-4-3-5-9-25/h3-12,14-18,20,23H,13,19,21-22,41H2,1-2H3,(H,44,56)(H3,42,46,48,54)(H3,43,45,47,53). The number of nitrogen functional groups attached to an aromatic ring is 2. The minimum absolute atomic E-state index is 0.0225. The molecule has 0 aliphatic rings. The molecule has 19 heteroatoms. The average Bonchev–Trinajstić information content (AvgIpc) is 3.22. The molecule has 0 radical (unpaired) electrons. The van der Waals surface area contributed by atoms with Crippen molar-refractivity contribution in [2.75, 3.05) is 35.2 Å². The second kappa shape index (κ2) is 20.3. The Hall–Kier alpha value is -7.93. The third-order valence-corrected chi connectivity index (χ3v) is 7.91. The van der Waals surface area contributed by atoms with Crippen molar-refractivity contribution in [3.8, 4) is 11.5 Å². The van der Waals surface area contributed by atoms with Gasteiger partial charge in [-0.25, -0.2) is 9.97 Å². The van der Waals surface area contributed by atoms with Gasteiger partial charge in [0.15, 0.2) is 23.1 Å². The molecule has 9 N–H and O–H groups in total. The zero-order chi connectivity index (χ0) is 42.3. The monoisotopic (exact) mass is 800 g/mol. The first kappa shape index (κ1) is 42.2. The number of benzene rings is 3. The van der Waals surface area contributed by atoms with Crippen LogP contribution in [-0.4, -0.2) is 52.7 Å². The largest absolute Gasteiger partial charge is 0.424 e. The van der Waals surface area contributed by atoms with Gasteiger partial charge in [0.05, 0.1) is 19.0 Å². The molecule has 19 nitrogen and oxygen atoms in total. The molecule has 3 amide bonds. The summed E-state index contributed by atoms with van der Waals surface area (Å²) in [6.07, 6.45) is 0.160. The van der Waals surface area contributed by atoms with Crippen LogP contribution in [0, 0.1) is 5.92 Å². The Labute approximate surface area is 337 Å². The van der Waals surface area contributed by atoms with Crippen molar-refractivity contribution < 1.29 is 33.4 Å². The molecular weight excluding hydrogens is 761 g/mol. The van der Waals surface area contributed by atoms with E-state index >= 15 is 0 Å². The molecule has 0 saturated heterocycles. The average molecular weight is 801 g/mol. The normalized spacial score (nSPS) is 11.1. The number of esters is 2. The highest BCUT2D eigenvalue weighted by Gasteiger charge is 2.16. The van der Waals surface area contributed by atoms with Gasteiger partial charge in [-0.3, -0.25) is 24.0 Å². The summed E-state index contributed by atoms with van der Waals surface area (Å²) >= 11 is 0. The Bertz CT molecular complexity index is 2400. The number of nitrogens with zero attached hydrogens (tertiary/aromatic N) is 6. The minimum atomic E-state index is -0.576. The van der Waals surface area contributed by atoms with E-state index in [1.54, 1.807) is 86.6 Å². The van der Waals surface area contributed by atoms with Crippen molar-refractivity contribution in [1.29, 1.82) is 0 Å². The van der Waals surface area contributed by atoms with E-state index in [1.807, 2.05) is 0 Å². The topological polar surface area (TPSA) is 293 Å². The second-order valence-corrected chi connectivity index (χ2v) is 12.8. The maximum Gasteiger partial charge on any atom is 0.313 e. The first-order chi connectivity index (χ1) is 28.4. The first-order valence-corrected chi connectivity index (χ1v) is 18.0. The number of nitrogens with two attached hydrogens (primary N) is 3. The van der Waals surface area contributed by atoms with Crippen molar-refractivity contribution in [3.05, 3.63) is 108 Å². The highest BCUT2D eigenvalue weighted by Crippen LogP contribution is 2.34. The van der Waals surface area contributed by atoms with E-state index in [2.05, 4.69) is 46.4 Å². The predicted octanol–water partition coefficient (Wildman–Crippen LogP) is 5.84. The Morgan fingerprint density at radius 1 is 0.661 bits per heavy atom. The number of aryl methyl sites for hydroxylation is 1. The number of carbonyl (C=O) groups excluding carboxylic acids is 5. The third-order valence-electron chi connectivity index (χ3n) is 7.91. The smallest absolute Gasteiger partial charge is 0.313 e. The molecule has 0 aliphatic heterocycles. The van der Waals surface area contributed by atoms with E-state index in [9.17, 15) is 24.0 Å². The molecule has 0 saturated carbocycles. The number of anilines is 4.